The second kappa shape index (κ2) is 6.40. The number of rotatable bonds is 5. The van der Waals surface area contributed by atoms with Crippen molar-refractivity contribution in [1.82, 2.24) is 0 Å². The number of unbranched alkanes of at least 4 members (excludes halogenated alkanes) is 1. The zero-order chi connectivity index (χ0) is 10.4. The van der Waals surface area contributed by atoms with E-state index in [2.05, 4.69) is 31.9 Å². The summed E-state index contributed by atoms with van der Waals surface area (Å²) in [6.07, 6.45) is 2.03. The maximum Gasteiger partial charge on any atom is 0.136 e. The van der Waals surface area contributed by atoms with Crippen LogP contribution in [0.4, 0.5) is 4.39 Å². The summed E-state index contributed by atoms with van der Waals surface area (Å²) in [5.74, 6) is 0.295. The summed E-state index contributed by atoms with van der Waals surface area (Å²) in [7, 11) is 0. The summed E-state index contributed by atoms with van der Waals surface area (Å²) in [4.78, 5) is 0. The van der Waals surface area contributed by atoms with E-state index < -0.39 is 0 Å². The first kappa shape index (κ1) is 12.0. The van der Waals surface area contributed by atoms with E-state index in [-0.39, 0.29) is 5.82 Å². The van der Waals surface area contributed by atoms with Gasteiger partial charge < -0.3 is 4.74 Å². The van der Waals surface area contributed by atoms with Gasteiger partial charge in [-0.15, -0.1) is 0 Å². The molecule has 0 radical (unpaired) electrons. The van der Waals surface area contributed by atoms with Crippen LogP contribution in [0, 0.1) is 5.82 Å². The standard InChI is InChI=1S/C10H11Br2FO/c11-5-1-2-6-14-10-7-8(13)3-4-9(10)12/h3-4,7H,1-2,5-6H2. The lowest BCUT2D eigenvalue weighted by atomic mass is 10.3. The summed E-state index contributed by atoms with van der Waals surface area (Å²) in [5, 5.41) is 0.973. The van der Waals surface area contributed by atoms with Gasteiger partial charge in [0.05, 0.1) is 11.1 Å². The molecule has 1 nitrogen and oxygen atoms in total. The molecule has 0 bridgehead atoms. The van der Waals surface area contributed by atoms with Gasteiger partial charge in [0.15, 0.2) is 0 Å². The molecule has 0 aromatic heterocycles. The van der Waals surface area contributed by atoms with E-state index in [1.54, 1.807) is 6.07 Å². The van der Waals surface area contributed by atoms with Crippen LogP contribution >= 0.6 is 31.9 Å². The highest BCUT2D eigenvalue weighted by molar-refractivity contribution is 9.10. The minimum absolute atomic E-state index is 0.274. The lowest BCUT2D eigenvalue weighted by Gasteiger charge is -2.07. The molecule has 0 aliphatic rings. The van der Waals surface area contributed by atoms with Gasteiger partial charge in [-0.25, -0.2) is 4.39 Å². The van der Waals surface area contributed by atoms with E-state index in [9.17, 15) is 4.39 Å². The van der Waals surface area contributed by atoms with Crippen LogP contribution in [0.15, 0.2) is 22.7 Å². The first-order valence-corrected chi connectivity index (χ1v) is 6.29. The third-order valence-electron chi connectivity index (χ3n) is 1.68. The minimum Gasteiger partial charge on any atom is -0.492 e. The Bertz CT molecular complexity index is 291. The highest BCUT2D eigenvalue weighted by atomic mass is 79.9. The highest BCUT2D eigenvalue weighted by Crippen LogP contribution is 2.25. The molecule has 0 aliphatic carbocycles. The Morgan fingerprint density at radius 2 is 2.07 bits per heavy atom. The Balaban J connectivity index is 2.45. The Morgan fingerprint density at radius 1 is 1.29 bits per heavy atom. The monoisotopic (exact) mass is 324 g/mol. The second-order valence-electron chi connectivity index (χ2n) is 2.82. The van der Waals surface area contributed by atoms with Crippen LogP contribution in [0.2, 0.25) is 0 Å². The van der Waals surface area contributed by atoms with Crippen molar-refractivity contribution in [3.05, 3.63) is 28.5 Å². The van der Waals surface area contributed by atoms with Gasteiger partial charge in [0.2, 0.25) is 0 Å². The molecule has 0 unspecified atom stereocenters. The third kappa shape index (κ3) is 3.96. The zero-order valence-electron chi connectivity index (χ0n) is 7.60. The predicted octanol–water partition coefficient (Wildman–Crippen LogP) is 4.14. The van der Waals surface area contributed by atoms with E-state index in [1.807, 2.05) is 0 Å². The van der Waals surface area contributed by atoms with Crippen molar-refractivity contribution < 1.29 is 9.13 Å². The summed E-state index contributed by atoms with van der Waals surface area (Å²) >= 11 is 6.64. The molecule has 0 heterocycles. The molecule has 0 atom stereocenters. The van der Waals surface area contributed by atoms with Crippen LogP contribution in [0.1, 0.15) is 12.8 Å². The quantitative estimate of drug-likeness (QED) is 0.584. The SMILES string of the molecule is Fc1ccc(Br)c(OCCCCBr)c1. The fraction of sp³-hybridized carbons (Fsp3) is 0.400. The van der Waals surface area contributed by atoms with Crippen molar-refractivity contribution in [2.24, 2.45) is 0 Å². The molecule has 0 aliphatic heterocycles. The zero-order valence-corrected chi connectivity index (χ0v) is 10.8. The van der Waals surface area contributed by atoms with Crippen molar-refractivity contribution in [3.63, 3.8) is 0 Å². The van der Waals surface area contributed by atoms with Gasteiger partial charge in [-0.2, -0.15) is 0 Å². The first-order chi connectivity index (χ1) is 6.74. The van der Waals surface area contributed by atoms with E-state index in [0.717, 1.165) is 22.6 Å². The van der Waals surface area contributed by atoms with Crippen molar-refractivity contribution >= 4 is 31.9 Å². The number of hydrogen-bond acceptors (Lipinski definition) is 1. The van der Waals surface area contributed by atoms with Crippen LogP contribution < -0.4 is 4.74 Å². The average molecular weight is 326 g/mol. The molecule has 78 valence electrons. The van der Waals surface area contributed by atoms with Gasteiger partial charge in [-0.05, 0) is 40.9 Å². The first-order valence-electron chi connectivity index (χ1n) is 4.38. The Morgan fingerprint density at radius 3 is 2.79 bits per heavy atom. The lowest BCUT2D eigenvalue weighted by molar-refractivity contribution is 0.306. The van der Waals surface area contributed by atoms with E-state index >= 15 is 0 Å². The summed E-state index contributed by atoms with van der Waals surface area (Å²) in [5.41, 5.74) is 0. The van der Waals surface area contributed by atoms with Crippen LogP contribution in [-0.2, 0) is 0 Å². The summed E-state index contributed by atoms with van der Waals surface area (Å²) < 4.78 is 19.0. The van der Waals surface area contributed by atoms with Gasteiger partial charge in [0, 0.05) is 11.4 Å². The van der Waals surface area contributed by atoms with Gasteiger partial charge in [0.1, 0.15) is 11.6 Å². The van der Waals surface area contributed by atoms with Crippen molar-refractivity contribution in [2.45, 2.75) is 12.8 Å². The Labute approximate surface area is 99.9 Å². The molecule has 14 heavy (non-hydrogen) atoms. The van der Waals surface area contributed by atoms with Crippen molar-refractivity contribution in [2.75, 3.05) is 11.9 Å². The van der Waals surface area contributed by atoms with Crippen LogP contribution in [0.5, 0.6) is 5.75 Å². The van der Waals surface area contributed by atoms with E-state index in [1.165, 1.54) is 12.1 Å². The molecular formula is C10H11Br2FO. The molecule has 4 heteroatoms. The predicted molar refractivity (Wildman–Crippen MR) is 62.6 cm³/mol. The molecule has 0 spiro atoms. The molecule has 0 fully saturated rings. The largest absolute Gasteiger partial charge is 0.492 e. The lowest BCUT2D eigenvalue weighted by Crippen LogP contribution is -1.98. The number of alkyl halides is 1. The van der Waals surface area contributed by atoms with Crippen molar-refractivity contribution in [1.29, 1.82) is 0 Å². The maximum absolute atomic E-state index is 12.8. The molecule has 1 rings (SSSR count). The van der Waals surface area contributed by atoms with Crippen LogP contribution in [-0.4, -0.2) is 11.9 Å². The molecule has 1 aromatic carbocycles. The molecule has 0 amide bonds. The maximum atomic E-state index is 12.8. The Kier molecular flexibility index (Phi) is 5.48. The topological polar surface area (TPSA) is 9.23 Å². The number of benzene rings is 1. The molecular weight excluding hydrogens is 315 g/mol. The second-order valence-corrected chi connectivity index (χ2v) is 4.47. The van der Waals surface area contributed by atoms with Gasteiger partial charge in [0.25, 0.3) is 0 Å². The molecule has 0 saturated carbocycles. The molecule has 0 saturated heterocycles. The fourth-order valence-corrected chi connectivity index (χ4v) is 1.72. The summed E-state index contributed by atoms with van der Waals surface area (Å²) in [6, 6.07) is 4.43. The van der Waals surface area contributed by atoms with Gasteiger partial charge in [-0.1, -0.05) is 15.9 Å². The van der Waals surface area contributed by atoms with Crippen LogP contribution in [0.3, 0.4) is 0 Å². The number of hydrogen-bond donors (Lipinski definition) is 0. The third-order valence-corrected chi connectivity index (χ3v) is 2.89. The smallest absolute Gasteiger partial charge is 0.136 e. The van der Waals surface area contributed by atoms with E-state index in [4.69, 9.17) is 4.74 Å². The van der Waals surface area contributed by atoms with Gasteiger partial charge >= 0.3 is 0 Å². The van der Waals surface area contributed by atoms with Crippen LogP contribution in [0.25, 0.3) is 0 Å². The van der Waals surface area contributed by atoms with Gasteiger partial charge in [-0.3, -0.25) is 0 Å². The normalized spacial score (nSPS) is 10.2. The minimum atomic E-state index is -0.274. The summed E-state index contributed by atoms with van der Waals surface area (Å²) in [6.45, 7) is 0.619. The number of ether oxygens (including phenoxy) is 1. The van der Waals surface area contributed by atoms with Crippen molar-refractivity contribution in [3.8, 4) is 5.75 Å². The Hall–Kier alpha value is -0.0900. The fourth-order valence-electron chi connectivity index (χ4n) is 0.966. The van der Waals surface area contributed by atoms with E-state index in [0.29, 0.717) is 12.4 Å². The molecule has 0 N–H and O–H groups in total. The highest BCUT2D eigenvalue weighted by Gasteiger charge is 2.02. The average Bonchev–Trinajstić information content (AvgIpc) is 2.18. The molecule has 1 aromatic rings. The number of halogens is 3.